The number of hydrogen-bond donors (Lipinski definition) is 0. The zero-order valence-corrected chi connectivity index (χ0v) is 16.3. The molecule has 0 radical (unpaired) electrons. The second-order valence-corrected chi connectivity index (χ2v) is 7.47. The van der Waals surface area contributed by atoms with E-state index in [4.69, 9.17) is 11.0 Å². The first kappa shape index (κ1) is 12.8. The number of rotatable bonds is 4. The molecule has 0 fully saturated rings. The Morgan fingerprint density at radius 2 is 1.66 bits per heavy atom. The predicted molar refractivity (Wildman–Crippen MR) is 113 cm³/mol. The SMILES string of the molecule is [2H]C([2H])([2H])c1ccc(-c2cc(-c3ccc(C([2H])([2H])C(C)(C)C(F)(F)F)cc3)c(C([2H])([2H])[2H])cc2C)nc1. The third-order valence-corrected chi connectivity index (χ3v) is 4.77. The molecule has 3 aromatic rings. The zero-order chi connectivity index (χ0) is 28.2. The first-order valence-corrected chi connectivity index (χ1v) is 8.97. The van der Waals surface area contributed by atoms with Crippen molar-refractivity contribution in [2.75, 3.05) is 0 Å². The van der Waals surface area contributed by atoms with Crippen molar-refractivity contribution in [2.24, 2.45) is 5.41 Å². The third-order valence-electron chi connectivity index (χ3n) is 4.77. The first-order chi connectivity index (χ1) is 16.7. The maximum absolute atomic E-state index is 13.5. The van der Waals surface area contributed by atoms with Gasteiger partial charge >= 0.3 is 6.18 Å². The van der Waals surface area contributed by atoms with E-state index < -0.39 is 31.7 Å². The Morgan fingerprint density at radius 3 is 2.21 bits per heavy atom. The topological polar surface area (TPSA) is 12.9 Å². The molecule has 0 aliphatic heterocycles. The molecule has 2 aromatic carbocycles. The third kappa shape index (κ3) is 4.52. The molecule has 0 bridgehead atoms. The van der Waals surface area contributed by atoms with Crippen LogP contribution in [0.2, 0.25) is 0 Å². The zero-order valence-electron chi connectivity index (χ0n) is 24.3. The number of nitrogens with zero attached hydrogens (tertiary/aromatic N) is 1. The monoisotopic (exact) mass is 405 g/mol. The predicted octanol–water partition coefficient (Wildman–Crippen LogP) is 7.47. The minimum Gasteiger partial charge on any atom is -0.256 e. The van der Waals surface area contributed by atoms with Crippen LogP contribution in [0.4, 0.5) is 13.2 Å². The van der Waals surface area contributed by atoms with Crippen LogP contribution in [0.15, 0.2) is 54.7 Å². The van der Waals surface area contributed by atoms with Crippen LogP contribution in [0, 0.1) is 26.0 Å². The van der Waals surface area contributed by atoms with Crippen molar-refractivity contribution in [1.29, 1.82) is 0 Å². The van der Waals surface area contributed by atoms with Gasteiger partial charge in [-0.05, 0) is 72.5 Å². The Balaban J connectivity index is 2.14. The normalized spacial score (nSPS) is 17.7. The summed E-state index contributed by atoms with van der Waals surface area (Å²) in [5.41, 5.74) is -0.581. The average Bonchev–Trinajstić information content (AvgIpc) is 2.77. The summed E-state index contributed by atoms with van der Waals surface area (Å²) in [6.45, 7) is -1.55. The number of alkyl halides is 3. The Morgan fingerprint density at radius 1 is 0.931 bits per heavy atom. The number of hydrogen-bond acceptors (Lipinski definition) is 1. The summed E-state index contributed by atoms with van der Waals surface area (Å²) in [6.07, 6.45) is -6.31. The molecule has 0 saturated heterocycles. The Labute approximate surface area is 181 Å². The van der Waals surface area contributed by atoms with E-state index in [0.717, 1.165) is 13.8 Å². The van der Waals surface area contributed by atoms with Gasteiger partial charge in [-0.1, -0.05) is 50.2 Å². The molecule has 0 unspecified atom stereocenters. The van der Waals surface area contributed by atoms with E-state index in [9.17, 15) is 13.2 Å². The molecule has 0 amide bonds. The molecule has 0 aliphatic carbocycles. The fourth-order valence-electron chi connectivity index (χ4n) is 2.94. The van der Waals surface area contributed by atoms with E-state index in [2.05, 4.69) is 4.98 Å². The molecular weight excluding hydrogens is 371 g/mol. The quantitative estimate of drug-likeness (QED) is 0.439. The highest BCUT2D eigenvalue weighted by Crippen LogP contribution is 2.40. The van der Waals surface area contributed by atoms with Gasteiger partial charge in [0.1, 0.15) is 0 Å². The van der Waals surface area contributed by atoms with Crippen LogP contribution in [0.3, 0.4) is 0 Å². The minimum absolute atomic E-state index is 0.0132. The van der Waals surface area contributed by atoms with Gasteiger partial charge in [0.25, 0.3) is 0 Å². The largest absolute Gasteiger partial charge is 0.394 e. The van der Waals surface area contributed by atoms with Gasteiger partial charge in [0.15, 0.2) is 0 Å². The lowest BCUT2D eigenvalue weighted by molar-refractivity contribution is -0.211. The van der Waals surface area contributed by atoms with Crippen LogP contribution in [0.25, 0.3) is 22.4 Å². The molecular formula is C25H26F3N. The van der Waals surface area contributed by atoms with Gasteiger partial charge < -0.3 is 0 Å². The van der Waals surface area contributed by atoms with Crippen LogP contribution in [-0.4, -0.2) is 11.2 Å². The number of aryl methyl sites for hydroxylation is 3. The summed E-state index contributed by atoms with van der Waals surface area (Å²) < 4.78 is 103. The van der Waals surface area contributed by atoms with E-state index in [1.165, 1.54) is 48.7 Å². The first-order valence-electron chi connectivity index (χ1n) is 13.0. The fourth-order valence-corrected chi connectivity index (χ4v) is 2.94. The number of pyridine rings is 1. The highest BCUT2D eigenvalue weighted by molar-refractivity contribution is 5.76. The van der Waals surface area contributed by atoms with E-state index in [1.54, 1.807) is 13.0 Å². The molecule has 0 atom stereocenters. The van der Waals surface area contributed by atoms with Crippen molar-refractivity contribution < 1.29 is 24.1 Å². The van der Waals surface area contributed by atoms with E-state index in [1.807, 2.05) is 0 Å². The van der Waals surface area contributed by atoms with Crippen LogP contribution in [0.5, 0.6) is 0 Å². The smallest absolute Gasteiger partial charge is 0.256 e. The van der Waals surface area contributed by atoms with Crippen molar-refractivity contribution in [3.63, 3.8) is 0 Å². The number of benzene rings is 2. The summed E-state index contributed by atoms with van der Waals surface area (Å²) in [4.78, 5) is 4.24. The average molecular weight is 406 g/mol. The molecule has 0 saturated carbocycles. The van der Waals surface area contributed by atoms with Crippen molar-refractivity contribution >= 4 is 0 Å². The second-order valence-electron chi connectivity index (χ2n) is 7.47. The number of aromatic nitrogens is 1. The van der Waals surface area contributed by atoms with Gasteiger partial charge in [-0.15, -0.1) is 0 Å². The second kappa shape index (κ2) is 7.66. The van der Waals surface area contributed by atoms with Crippen molar-refractivity contribution in [3.8, 4) is 22.4 Å². The van der Waals surface area contributed by atoms with Gasteiger partial charge in [0, 0.05) is 22.7 Å². The van der Waals surface area contributed by atoms with Gasteiger partial charge in [-0.25, -0.2) is 0 Å². The lowest BCUT2D eigenvalue weighted by atomic mass is 9.84. The Kier molecular flexibility index (Phi) is 3.39. The molecule has 1 nitrogen and oxygen atoms in total. The summed E-state index contributed by atoms with van der Waals surface area (Å²) in [6, 6.07) is 11.3. The molecule has 3 rings (SSSR count). The van der Waals surface area contributed by atoms with Gasteiger partial charge in [-0.2, -0.15) is 13.2 Å². The summed E-state index contributed by atoms with van der Waals surface area (Å²) in [7, 11) is 0. The van der Waals surface area contributed by atoms with Crippen molar-refractivity contribution in [3.05, 3.63) is 77.0 Å². The summed E-state index contributed by atoms with van der Waals surface area (Å²) >= 11 is 0. The Bertz CT molecular complexity index is 1270. The van der Waals surface area contributed by atoms with Crippen molar-refractivity contribution in [2.45, 2.75) is 47.0 Å². The van der Waals surface area contributed by atoms with Crippen LogP contribution in [-0.2, 0) is 6.37 Å². The standard InChI is InChI=1S/C25H26F3N/c1-16-6-11-23(29-15-16)22-13-21(17(2)12-18(22)3)20-9-7-19(8-10-20)14-24(4,5)25(26,27)28/h6-13,15H,14H2,1-5H3/i1D3,2D3,14D2. The molecule has 152 valence electrons. The van der Waals surface area contributed by atoms with Gasteiger partial charge in [0.2, 0.25) is 0 Å². The molecule has 4 heteroatoms. The summed E-state index contributed by atoms with van der Waals surface area (Å²) in [5, 5.41) is 0. The van der Waals surface area contributed by atoms with E-state index in [-0.39, 0.29) is 22.3 Å². The number of halogens is 3. The lowest BCUT2D eigenvalue weighted by Gasteiger charge is -2.27. The van der Waals surface area contributed by atoms with E-state index >= 15 is 0 Å². The van der Waals surface area contributed by atoms with Gasteiger partial charge in [-0.3, -0.25) is 4.98 Å². The van der Waals surface area contributed by atoms with Gasteiger partial charge in [0.05, 0.1) is 11.1 Å². The molecule has 0 N–H and O–H groups in total. The maximum atomic E-state index is 13.5. The lowest BCUT2D eigenvalue weighted by Crippen LogP contribution is -2.34. The van der Waals surface area contributed by atoms with Crippen LogP contribution >= 0.6 is 0 Å². The highest BCUT2D eigenvalue weighted by atomic mass is 19.4. The molecule has 0 spiro atoms. The van der Waals surface area contributed by atoms with Crippen molar-refractivity contribution in [1.82, 2.24) is 4.98 Å². The van der Waals surface area contributed by atoms with Crippen LogP contribution < -0.4 is 0 Å². The highest BCUT2D eigenvalue weighted by Gasteiger charge is 2.46. The summed E-state index contributed by atoms with van der Waals surface area (Å²) in [5.74, 6) is 0. The Hall–Kier alpha value is -2.62. The van der Waals surface area contributed by atoms with E-state index in [0.29, 0.717) is 22.4 Å². The molecule has 1 heterocycles. The maximum Gasteiger partial charge on any atom is 0.394 e. The minimum atomic E-state index is -4.79. The van der Waals surface area contributed by atoms with Crippen LogP contribution in [0.1, 0.15) is 47.1 Å². The molecule has 0 aliphatic rings. The molecule has 29 heavy (non-hydrogen) atoms. The molecule has 1 aromatic heterocycles. The fraction of sp³-hybridized carbons (Fsp3) is 0.320.